The van der Waals surface area contributed by atoms with Crippen LogP contribution in [0.5, 0.6) is 0 Å². The van der Waals surface area contributed by atoms with Crippen LogP contribution in [0.25, 0.3) is 6.08 Å². The molecule has 0 aliphatic heterocycles. The minimum atomic E-state index is 0.402. The van der Waals surface area contributed by atoms with E-state index in [9.17, 15) is 0 Å². The number of aromatic nitrogens is 2. The van der Waals surface area contributed by atoms with Crippen molar-refractivity contribution in [3.8, 4) is 0 Å². The maximum Gasteiger partial charge on any atom is 0.0665 e. The smallest absolute Gasteiger partial charge is 0.0665 e. The van der Waals surface area contributed by atoms with Crippen molar-refractivity contribution in [2.24, 2.45) is 7.05 Å². The molecule has 0 spiro atoms. The van der Waals surface area contributed by atoms with Gasteiger partial charge in [0.25, 0.3) is 0 Å². The SMILES string of the molecule is CNC(C)/C=C/c1cn(C)nc1C. The summed E-state index contributed by atoms with van der Waals surface area (Å²) < 4.78 is 1.83. The highest BCUT2D eigenvalue weighted by molar-refractivity contribution is 5.51. The van der Waals surface area contributed by atoms with E-state index in [1.807, 2.05) is 31.9 Å². The number of rotatable bonds is 3. The van der Waals surface area contributed by atoms with Gasteiger partial charge in [-0.05, 0) is 20.9 Å². The van der Waals surface area contributed by atoms with Crippen molar-refractivity contribution >= 4 is 6.08 Å². The Morgan fingerprint density at radius 1 is 1.62 bits per heavy atom. The van der Waals surface area contributed by atoms with Crippen molar-refractivity contribution in [3.63, 3.8) is 0 Å². The van der Waals surface area contributed by atoms with E-state index in [2.05, 4.69) is 29.5 Å². The van der Waals surface area contributed by atoms with Crippen molar-refractivity contribution in [1.82, 2.24) is 15.1 Å². The Labute approximate surface area is 79.5 Å². The lowest BCUT2D eigenvalue weighted by atomic mass is 10.2. The first-order valence-corrected chi connectivity index (χ1v) is 4.49. The largest absolute Gasteiger partial charge is 0.314 e. The molecular formula is C10H17N3. The molecule has 1 atom stereocenters. The summed E-state index contributed by atoms with van der Waals surface area (Å²) in [7, 11) is 3.89. The van der Waals surface area contributed by atoms with E-state index in [1.165, 1.54) is 5.56 Å². The Hall–Kier alpha value is -1.09. The molecule has 1 rings (SSSR count). The molecule has 0 radical (unpaired) electrons. The number of nitrogens with one attached hydrogen (secondary N) is 1. The molecule has 0 aromatic carbocycles. The Bertz CT molecular complexity index is 299. The van der Waals surface area contributed by atoms with E-state index in [0.29, 0.717) is 6.04 Å². The maximum atomic E-state index is 4.26. The number of aryl methyl sites for hydroxylation is 2. The van der Waals surface area contributed by atoms with E-state index in [4.69, 9.17) is 0 Å². The summed E-state index contributed by atoms with van der Waals surface area (Å²) in [6.07, 6.45) is 6.25. The van der Waals surface area contributed by atoms with Gasteiger partial charge >= 0.3 is 0 Å². The van der Waals surface area contributed by atoms with Crippen LogP contribution in [0, 0.1) is 6.92 Å². The molecule has 0 saturated heterocycles. The third-order valence-corrected chi connectivity index (χ3v) is 2.07. The molecule has 13 heavy (non-hydrogen) atoms. The predicted octanol–water partition coefficient (Wildman–Crippen LogP) is 1.35. The van der Waals surface area contributed by atoms with Crippen LogP contribution in [-0.4, -0.2) is 22.9 Å². The van der Waals surface area contributed by atoms with Crippen LogP contribution in [0.15, 0.2) is 12.3 Å². The van der Waals surface area contributed by atoms with E-state index >= 15 is 0 Å². The van der Waals surface area contributed by atoms with Gasteiger partial charge in [0.05, 0.1) is 5.69 Å². The highest BCUT2D eigenvalue weighted by atomic mass is 15.2. The molecule has 0 aliphatic rings. The molecule has 1 aromatic rings. The van der Waals surface area contributed by atoms with Gasteiger partial charge in [0.1, 0.15) is 0 Å². The fourth-order valence-corrected chi connectivity index (χ4v) is 1.13. The van der Waals surface area contributed by atoms with Crippen LogP contribution in [0.4, 0.5) is 0 Å². The topological polar surface area (TPSA) is 29.9 Å². The third-order valence-electron chi connectivity index (χ3n) is 2.07. The van der Waals surface area contributed by atoms with Gasteiger partial charge in [0.15, 0.2) is 0 Å². The molecule has 0 amide bonds. The third kappa shape index (κ3) is 2.70. The molecule has 1 unspecified atom stereocenters. The fourth-order valence-electron chi connectivity index (χ4n) is 1.13. The summed E-state index contributed by atoms with van der Waals surface area (Å²) >= 11 is 0. The summed E-state index contributed by atoms with van der Waals surface area (Å²) in [4.78, 5) is 0. The molecule has 3 nitrogen and oxygen atoms in total. The molecule has 1 heterocycles. The predicted molar refractivity (Wildman–Crippen MR) is 55.5 cm³/mol. The second-order valence-corrected chi connectivity index (χ2v) is 3.28. The first-order chi connectivity index (χ1) is 6.13. The van der Waals surface area contributed by atoms with Gasteiger partial charge in [-0.15, -0.1) is 0 Å². The lowest BCUT2D eigenvalue weighted by molar-refractivity contribution is 0.731. The normalized spacial score (nSPS) is 13.8. The second kappa shape index (κ2) is 4.23. The minimum absolute atomic E-state index is 0.402. The first-order valence-electron chi connectivity index (χ1n) is 4.49. The van der Waals surface area contributed by atoms with Gasteiger partial charge in [0.2, 0.25) is 0 Å². The Balaban J connectivity index is 2.73. The summed E-state index contributed by atoms with van der Waals surface area (Å²) in [6.45, 7) is 4.13. The average Bonchev–Trinajstić information content (AvgIpc) is 2.41. The standard InChI is InChI=1S/C10H17N3/c1-8(11-3)5-6-10-7-13(4)12-9(10)2/h5-8,11H,1-4H3/b6-5+. The molecule has 0 aliphatic carbocycles. The van der Waals surface area contributed by atoms with Crippen molar-refractivity contribution in [1.29, 1.82) is 0 Å². The van der Waals surface area contributed by atoms with Gasteiger partial charge in [0, 0.05) is 24.8 Å². The van der Waals surface area contributed by atoms with Gasteiger partial charge in [-0.2, -0.15) is 5.10 Å². The van der Waals surface area contributed by atoms with Crippen molar-refractivity contribution < 1.29 is 0 Å². The molecule has 0 fully saturated rings. The molecule has 1 N–H and O–H groups in total. The Morgan fingerprint density at radius 3 is 2.77 bits per heavy atom. The zero-order chi connectivity index (χ0) is 9.84. The van der Waals surface area contributed by atoms with E-state index in [-0.39, 0.29) is 0 Å². The van der Waals surface area contributed by atoms with Crippen LogP contribution in [0.1, 0.15) is 18.2 Å². The van der Waals surface area contributed by atoms with Crippen LogP contribution < -0.4 is 5.32 Å². The molecule has 1 aromatic heterocycles. The fraction of sp³-hybridized carbons (Fsp3) is 0.500. The van der Waals surface area contributed by atoms with Crippen LogP contribution in [-0.2, 0) is 7.05 Å². The lowest BCUT2D eigenvalue weighted by Crippen LogP contribution is -2.17. The Kier molecular flexibility index (Phi) is 3.25. The van der Waals surface area contributed by atoms with Crippen molar-refractivity contribution in [3.05, 3.63) is 23.5 Å². The van der Waals surface area contributed by atoms with Crippen LogP contribution in [0.2, 0.25) is 0 Å². The van der Waals surface area contributed by atoms with E-state index in [0.717, 1.165) is 5.69 Å². The lowest BCUT2D eigenvalue weighted by Gasteiger charge is -2.01. The molecule has 72 valence electrons. The highest BCUT2D eigenvalue weighted by Gasteiger charge is 1.98. The molecule has 3 heteroatoms. The van der Waals surface area contributed by atoms with E-state index < -0.39 is 0 Å². The molecule has 0 bridgehead atoms. The maximum absolute atomic E-state index is 4.26. The van der Waals surface area contributed by atoms with Gasteiger partial charge in [-0.25, -0.2) is 0 Å². The highest BCUT2D eigenvalue weighted by Crippen LogP contribution is 2.07. The van der Waals surface area contributed by atoms with Crippen molar-refractivity contribution in [2.75, 3.05) is 7.05 Å². The second-order valence-electron chi connectivity index (χ2n) is 3.28. The summed E-state index contributed by atoms with van der Waals surface area (Å²) in [5.74, 6) is 0. The zero-order valence-electron chi connectivity index (χ0n) is 8.70. The van der Waals surface area contributed by atoms with Crippen LogP contribution in [0.3, 0.4) is 0 Å². The average molecular weight is 179 g/mol. The van der Waals surface area contributed by atoms with Crippen LogP contribution >= 0.6 is 0 Å². The van der Waals surface area contributed by atoms with Gasteiger partial charge in [-0.1, -0.05) is 12.2 Å². The van der Waals surface area contributed by atoms with Crippen molar-refractivity contribution in [2.45, 2.75) is 19.9 Å². The Morgan fingerprint density at radius 2 is 2.31 bits per heavy atom. The van der Waals surface area contributed by atoms with Gasteiger partial charge < -0.3 is 5.32 Å². The molecular weight excluding hydrogens is 162 g/mol. The number of hydrogen-bond donors (Lipinski definition) is 1. The zero-order valence-corrected chi connectivity index (χ0v) is 8.70. The van der Waals surface area contributed by atoms with Gasteiger partial charge in [-0.3, -0.25) is 4.68 Å². The number of nitrogens with zero attached hydrogens (tertiary/aromatic N) is 2. The van der Waals surface area contributed by atoms with E-state index in [1.54, 1.807) is 0 Å². The summed E-state index contributed by atoms with van der Waals surface area (Å²) in [5, 5.41) is 7.41. The number of hydrogen-bond acceptors (Lipinski definition) is 2. The number of likely N-dealkylation sites (N-methyl/N-ethyl adjacent to an activating group) is 1. The summed E-state index contributed by atoms with van der Waals surface area (Å²) in [6, 6.07) is 0.402. The molecule has 0 saturated carbocycles. The minimum Gasteiger partial charge on any atom is -0.314 e. The monoisotopic (exact) mass is 179 g/mol. The quantitative estimate of drug-likeness (QED) is 0.759. The summed E-state index contributed by atoms with van der Waals surface area (Å²) in [5.41, 5.74) is 2.26. The first kappa shape index (κ1) is 9.99.